The van der Waals surface area contributed by atoms with Crippen molar-refractivity contribution in [3.05, 3.63) is 0 Å². The van der Waals surface area contributed by atoms with E-state index in [1.807, 2.05) is 0 Å². The van der Waals surface area contributed by atoms with E-state index in [1.165, 1.54) is 0 Å². The maximum Gasteiger partial charge on any atom is 1.00 e. The van der Waals surface area contributed by atoms with Crippen LogP contribution in [0, 0.1) is 0 Å². The van der Waals surface area contributed by atoms with Crippen LogP contribution in [0.3, 0.4) is 0 Å². The van der Waals surface area contributed by atoms with Crippen molar-refractivity contribution in [2.24, 2.45) is 0 Å². The molecule has 1 atom stereocenters. The predicted molar refractivity (Wildman–Crippen MR) is 25.5 cm³/mol. The third-order valence-electron chi connectivity index (χ3n) is 0.138. The zero-order valence-corrected chi connectivity index (χ0v) is 7.83. The van der Waals surface area contributed by atoms with Crippen LogP contribution < -0.4 is 29.6 Å². The summed E-state index contributed by atoms with van der Waals surface area (Å²) in [6, 6.07) is 0. The molecule has 6 heteroatoms. The molecular weight excluding hydrogens is 146 g/mol. The number of hydrogen-bond acceptors (Lipinski definition) is 3. The Hall–Kier alpha value is 1.37. The van der Waals surface area contributed by atoms with E-state index in [1.54, 1.807) is 6.26 Å². The minimum Gasteiger partial charge on any atom is -1.00 e. The molecule has 0 aliphatic heterocycles. The van der Waals surface area contributed by atoms with Gasteiger partial charge in [-0.2, -0.15) is 0 Å². The molecule has 0 rings (SSSR count). The molecule has 3 nitrogen and oxygen atoms in total. The topological polar surface area (TPSA) is 46.5 Å². The second kappa shape index (κ2) is 7.37. The van der Waals surface area contributed by atoms with Crippen LogP contribution in [0.2, 0.25) is 0 Å². The first-order chi connectivity index (χ1) is 2.77. The normalized spacial score (nSPS) is 9.71. The van der Waals surface area contributed by atoms with Crippen molar-refractivity contribution in [1.82, 2.24) is 0 Å². The predicted octanol–water partition coefficient (Wildman–Crippen LogP) is -1.95. The van der Waals surface area contributed by atoms with Gasteiger partial charge in [-0.1, -0.05) is 0 Å². The molecule has 0 aromatic carbocycles. The summed E-state index contributed by atoms with van der Waals surface area (Å²) in [5, 5.41) is 0. The van der Waals surface area contributed by atoms with Gasteiger partial charge in [-0.3, -0.25) is 0 Å². The molecule has 0 aliphatic carbocycles. The van der Waals surface area contributed by atoms with E-state index in [2.05, 4.69) is 3.97 Å². The van der Waals surface area contributed by atoms with Crippen LogP contribution in [0.4, 0.5) is 0 Å². The van der Waals surface area contributed by atoms with Crippen molar-refractivity contribution in [1.29, 1.82) is 0 Å². The van der Waals surface area contributed by atoms with Crippen molar-refractivity contribution in [2.45, 2.75) is 0 Å². The van der Waals surface area contributed by atoms with Gasteiger partial charge in [0, 0.05) is 10.8 Å². The zero-order valence-electron chi connectivity index (χ0n) is 5.12. The third-order valence-corrected chi connectivity index (χ3v) is 1.24. The molecular formula is CH5NaO3PS+. The van der Waals surface area contributed by atoms with Gasteiger partial charge in [-0.05, 0) is 3.97 Å². The summed E-state index contributed by atoms with van der Waals surface area (Å²) in [5.41, 5.74) is 0. The van der Waals surface area contributed by atoms with Crippen molar-refractivity contribution in [3.8, 4) is 0 Å². The van der Waals surface area contributed by atoms with Gasteiger partial charge in [-0.25, -0.2) is 0 Å². The molecule has 0 saturated carbocycles. The van der Waals surface area contributed by atoms with Gasteiger partial charge in [0.2, 0.25) is 0 Å². The van der Waals surface area contributed by atoms with Crippen molar-refractivity contribution >= 4 is 20.3 Å². The fraction of sp³-hybridized carbons (Fsp3) is 1.00. The molecule has 0 aromatic rings. The Morgan fingerprint density at radius 3 is 2.43 bits per heavy atom. The van der Waals surface area contributed by atoms with Gasteiger partial charge >= 0.3 is 37.8 Å². The van der Waals surface area contributed by atoms with Crippen LogP contribution >= 0.6 is 20.3 Å². The minimum atomic E-state index is -2.39. The molecule has 0 aromatic heterocycles. The SMILES string of the molecule is CSO[P+](=O)O.[H-].[Na+]. The molecule has 1 unspecified atom stereocenters. The summed E-state index contributed by atoms with van der Waals surface area (Å²) < 4.78 is 13.5. The zero-order chi connectivity index (χ0) is 4.99. The van der Waals surface area contributed by atoms with Gasteiger partial charge in [0.05, 0.1) is 12.0 Å². The molecule has 0 fully saturated rings. The van der Waals surface area contributed by atoms with Crippen LogP contribution in [-0.4, -0.2) is 11.1 Å². The first-order valence-corrected chi connectivity index (χ1v) is 3.42. The molecule has 7 heavy (non-hydrogen) atoms. The van der Waals surface area contributed by atoms with E-state index in [9.17, 15) is 4.57 Å². The Labute approximate surface area is 70.8 Å². The van der Waals surface area contributed by atoms with Crippen LogP contribution in [0.1, 0.15) is 1.43 Å². The average molecular weight is 151 g/mol. The Bertz CT molecular complexity index is 63.2. The maximum atomic E-state index is 9.50. The van der Waals surface area contributed by atoms with Gasteiger partial charge in [0.1, 0.15) is 0 Å². The summed E-state index contributed by atoms with van der Waals surface area (Å²) in [7, 11) is -2.39. The molecule has 0 heterocycles. The standard InChI is InChI=1S/CH3O3PS.Na.H/c1-6-4-5(2)3;;/h1H3;;/q;+1;-1/p+1. The van der Waals surface area contributed by atoms with Crippen molar-refractivity contribution < 1.29 is 44.4 Å². The molecule has 0 spiro atoms. The van der Waals surface area contributed by atoms with Crippen LogP contribution in [-0.2, 0) is 8.54 Å². The van der Waals surface area contributed by atoms with E-state index in [-0.39, 0.29) is 31.0 Å². The Morgan fingerprint density at radius 2 is 2.43 bits per heavy atom. The summed E-state index contributed by atoms with van der Waals surface area (Å²) >= 11 is 0.876. The second-order valence-electron chi connectivity index (χ2n) is 0.479. The van der Waals surface area contributed by atoms with Gasteiger partial charge < -0.3 is 1.43 Å². The van der Waals surface area contributed by atoms with Crippen molar-refractivity contribution in [3.63, 3.8) is 0 Å². The molecule has 0 aliphatic rings. The summed E-state index contributed by atoms with van der Waals surface area (Å²) in [4.78, 5) is 7.82. The van der Waals surface area contributed by atoms with Gasteiger partial charge in [-0.15, -0.1) is 4.89 Å². The monoisotopic (exact) mass is 151 g/mol. The first-order valence-electron chi connectivity index (χ1n) is 1.14. The molecule has 0 saturated heterocycles. The average Bonchev–Trinajstić information content (AvgIpc) is 1.35. The van der Waals surface area contributed by atoms with E-state index >= 15 is 0 Å². The Morgan fingerprint density at radius 1 is 2.00 bits per heavy atom. The number of rotatable bonds is 2. The Kier molecular flexibility index (Phi) is 11.8. The van der Waals surface area contributed by atoms with E-state index < -0.39 is 8.25 Å². The first kappa shape index (κ1) is 11.2. The molecule has 38 valence electrons. The molecule has 0 radical (unpaired) electrons. The van der Waals surface area contributed by atoms with Crippen molar-refractivity contribution in [2.75, 3.05) is 6.26 Å². The maximum absolute atomic E-state index is 9.50. The van der Waals surface area contributed by atoms with E-state index in [4.69, 9.17) is 4.89 Å². The van der Waals surface area contributed by atoms with Crippen LogP contribution in [0.15, 0.2) is 0 Å². The van der Waals surface area contributed by atoms with E-state index in [0.29, 0.717) is 0 Å². The fourth-order valence-electron chi connectivity index (χ4n) is 0.0638. The van der Waals surface area contributed by atoms with Gasteiger partial charge in [0.25, 0.3) is 0 Å². The van der Waals surface area contributed by atoms with Gasteiger partial charge in [0.15, 0.2) is 0 Å². The fourth-order valence-corrected chi connectivity index (χ4v) is 0.574. The van der Waals surface area contributed by atoms with Crippen LogP contribution in [0.25, 0.3) is 0 Å². The van der Waals surface area contributed by atoms with E-state index in [0.717, 1.165) is 12.0 Å². The third kappa shape index (κ3) is 11.1. The largest absolute Gasteiger partial charge is 1.00 e. The Balaban J connectivity index is -0.000000125. The molecule has 0 bridgehead atoms. The smallest absolute Gasteiger partial charge is 1.00 e. The molecule has 1 N–H and O–H groups in total. The summed E-state index contributed by atoms with van der Waals surface area (Å²) in [5.74, 6) is 0. The number of hydrogen-bond donors (Lipinski definition) is 1. The minimum absolute atomic E-state index is 0. The summed E-state index contributed by atoms with van der Waals surface area (Å²) in [6.07, 6.45) is 1.57. The summed E-state index contributed by atoms with van der Waals surface area (Å²) in [6.45, 7) is 0. The molecule has 0 amide bonds. The quantitative estimate of drug-likeness (QED) is 0.283. The second-order valence-corrected chi connectivity index (χ2v) is 1.88. The van der Waals surface area contributed by atoms with Crippen LogP contribution in [0.5, 0.6) is 0 Å².